The molecule has 0 aliphatic carbocycles. The fraction of sp³-hybridized carbons (Fsp3) is 0.500. The van der Waals surface area contributed by atoms with E-state index in [1.54, 1.807) is 0 Å². The highest BCUT2D eigenvalue weighted by molar-refractivity contribution is 5.89. The van der Waals surface area contributed by atoms with E-state index in [0.717, 1.165) is 31.6 Å². The lowest BCUT2D eigenvalue weighted by Gasteiger charge is -2.34. The third-order valence-corrected chi connectivity index (χ3v) is 3.43. The van der Waals surface area contributed by atoms with E-state index >= 15 is 0 Å². The minimum Gasteiger partial charge on any atom is -0.333 e. The molecule has 0 aromatic heterocycles. The summed E-state index contributed by atoms with van der Waals surface area (Å²) < 4.78 is 0. The number of hydrogen-bond acceptors (Lipinski definition) is 2. The van der Waals surface area contributed by atoms with E-state index in [-0.39, 0.29) is 11.6 Å². The zero-order valence-electron chi connectivity index (χ0n) is 11.0. The van der Waals surface area contributed by atoms with Crippen LogP contribution in [0.15, 0.2) is 24.3 Å². The van der Waals surface area contributed by atoms with Crippen molar-refractivity contribution in [3.05, 3.63) is 29.8 Å². The lowest BCUT2D eigenvalue weighted by Crippen LogP contribution is -2.53. The Balaban J connectivity index is 1.90. The molecule has 0 spiro atoms. The number of hydrogen-bond donors (Lipinski definition) is 3. The molecule has 0 radical (unpaired) electrons. The number of carbonyl (C=O) groups is 1. The van der Waals surface area contributed by atoms with Gasteiger partial charge in [0, 0.05) is 11.2 Å². The molecule has 4 heteroatoms. The van der Waals surface area contributed by atoms with Gasteiger partial charge in [0.2, 0.25) is 0 Å². The van der Waals surface area contributed by atoms with Crippen molar-refractivity contribution in [3.8, 4) is 0 Å². The number of piperidine rings is 1. The second-order valence-electron chi connectivity index (χ2n) is 5.26. The summed E-state index contributed by atoms with van der Waals surface area (Å²) in [6, 6.07) is 7.69. The highest BCUT2D eigenvalue weighted by Gasteiger charge is 2.28. The van der Waals surface area contributed by atoms with Gasteiger partial charge in [0.15, 0.2) is 0 Å². The zero-order chi connectivity index (χ0) is 13.0. The lowest BCUT2D eigenvalue weighted by atomic mass is 9.91. The number of carbonyl (C=O) groups excluding carboxylic acids is 1. The van der Waals surface area contributed by atoms with E-state index in [0.29, 0.717) is 0 Å². The fourth-order valence-corrected chi connectivity index (χ4v) is 2.18. The topological polar surface area (TPSA) is 53.2 Å². The second-order valence-corrected chi connectivity index (χ2v) is 5.26. The van der Waals surface area contributed by atoms with Crippen molar-refractivity contribution >= 4 is 11.7 Å². The molecule has 2 amide bonds. The Morgan fingerprint density at radius 2 is 1.83 bits per heavy atom. The maximum atomic E-state index is 11.9. The van der Waals surface area contributed by atoms with Gasteiger partial charge in [-0.25, -0.2) is 4.79 Å². The van der Waals surface area contributed by atoms with Gasteiger partial charge in [-0.1, -0.05) is 17.7 Å². The Morgan fingerprint density at radius 3 is 2.44 bits per heavy atom. The van der Waals surface area contributed by atoms with Crippen molar-refractivity contribution in [2.45, 2.75) is 32.2 Å². The molecule has 1 aliphatic heterocycles. The lowest BCUT2D eigenvalue weighted by molar-refractivity contribution is 0.225. The van der Waals surface area contributed by atoms with Crippen LogP contribution in [0.5, 0.6) is 0 Å². The monoisotopic (exact) mass is 247 g/mol. The van der Waals surface area contributed by atoms with Crippen LogP contribution in [0.4, 0.5) is 10.5 Å². The summed E-state index contributed by atoms with van der Waals surface area (Å²) in [5.41, 5.74) is 1.92. The molecular weight excluding hydrogens is 226 g/mol. The van der Waals surface area contributed by atoms with Crippen molar-refractivity contribution in [3.63, 3.8) is 0 Å². The molecule has 1 saturated heterocycles. The van der Waals surface area contributed by atoms with Crippen LogP contribution in [0.25, 0.3) is 0 Å². The van der Waals surface area contributed by atoms with Gasteiger partial charge in [-0.2, -0.15) is 0 Å². The summed E-state index contributed by atoms with van der Waals surface area (Å²) in [5, 5.41) is 9.24. The quantitative estimate of drug-likeness (QED) is 0.751. The highest BCUT2D eigenvalue weighted by atomic mass is 16.2. The van der Waals surface area contributed by atoms with Crippen LogP contribution in [0.2, 0.25) is 0 Å². The van der Waals surface area contributed by atoms with Crippen molar-refractivity contribution in [2.24, 2.45) is 0 Å². The van der Waals surface area contributed by atoms with E-state index in [9.17, 15) is 4.79 Å². The van der Waals surface area contributed by atoms with Gasteiger partial charge >= 0.3 is 6.03 Å². The molecule has 1 fully saturated rings. The first kappa shape index (κ1) is 12.9. The van der Waals surface area contributed by atoms with E-state index in [1.165, 1.54) is 5.56 Å². The van der Waals surface area contributed by atoms with Crippen molar-refractivity contribution in [1.82, 2.24) is 10.6 Å². The van der Waals surface area contributed by atoms with Gasteiger partial charge in [0.25, 0.3) is 0 Å². The average molecular weight is 247 g/mol. The molecule has 3 N–H and O–H groups in total. The number of urea groups is 1. The molecule has 0 atom stereocenters. The summed E-state index contributed by atoms with van der Waals surface area (Å²) in [4.78, 5) is 11.9. The summed E-state index contributed by atoms with van der Waals surface area (Å²) in [7, 11) is 0. The van der Waals surface area contributed by atoms with E-state index in [4.69, 9.17) is 0 Å². The Hall–Kier alpha value is -1.55. The van der Waals surface area contributed by atoms with Gasteiger partial charge in [-0.05, 0) is 51.9 Å². The van der Waals surface area contributed by atoms with E-state index in [2.05, 4.69) is 22.9 Å². The minimum absolute atomic E-state index is 0.0972. The van der Waals surface area contributed by atoms with Gasteiger partial charge in [0.1, 0.15) is 0 Å². The maximum Gasteiger partial charge on any atom is 0.319 e. The second kappa shape index (κ2) is 5.40. The van der Waals surface area contributed by atoms with Crippen LogP contribution in [-0.2, 0) is 0 Å². The summed E-state index contributed by atoms with van der Waals surface area (Å²) >= 11 is 0. The first-order valence-corrected chi connectivity index (χ1v) is 6.44. The Bertz CT molecular complexity index is 408. The molecular formula is C14H21N3O. The largest absolute Gasteiger partial charge is 0.333 e. The molecule has 1 aromatic carbocycles. The molecule has 1 aromatic rings. The van der Waals surface area contributed by atoms with Crippen molar-refractivity contribution in [1.29, 1.82) is 0 Å². The van der Waals surface area contributed by atoms with Gasteiger partial charge in [-0.15, -0.1) is 0 Å². The fourth-order valence-electron chi connectivity index (χ4n) is 2.18. The van der Waals surface area contributed by atoms with Crippen LogP contribution >= 0.6 is 0 Å². The SMILES string of the molecule is Cc1ccc(NC(=O)NC2(C)CCNCC2)cc1. The molecule has 98 valence electrons. The normalized spacial score (nSPS) is 18.1. The van der Waals surface area contributed by atoms with Crippen molar-refractivity contribution in [2.75, 3.05) is 18.4 Å². The Morgan fingerprint density at radius 1 is 1.22 bits per heavy atom. The zero-order valence-corrected chi connectivity index (χ0v) is 11.0. The maximum absolute atomic E-state index is 11.9. The number of aryl methyl sites for hydroxylation is 1. The summed E-state index contributed by atoms with van der Waals surface area (Å²) in [5.74, 6) is 0. The van der Waals surface area contributed by atoms with Crippen LogP contribution in [0.3, 0.4) is 0 Å². The van der Waals surface area contributed by atoms with Crippen LogP contribution < -0.4 is 16.0 Å². The number of benzene rings is 1. The van der Waals surface area contributed by atoms with Crippen molar-refractivity contribution < 1.29 is 4.79 Å². The number of anilines is 1. The van der Waals surface area contributed by atoms with Gasteiger partial charge in [0.05, 0.1) is 0 Å². The average Bonchev–Trinajstić information content (AvgIpc) is 2.32. The molecule has 0 saturated carbocycles. The standard InChI is InChI=1S/C14H21N3O/c1-11-3-5-12(6-4-11)16-13(18)17-14(2)7-9-15-10-8-14/h3-6,15H,7-10H2,1-2H3,(H2,16,17,18). The third kappa shape index (κ3) is 3.47. The molecule has 0 unspecified atom stereocenters. The molecule has 1 aliphatic rings. The highest BCUT2D eigenvalue weighted by Crippen LogP contribution is 2.17. The predicted octanol–water partition coefficient (Wildman–Crippen LogP) is 2.26. The molecule has 2 rings (SSSR count). The molecule has 1 heterocycles. The summed E-state index contributed by atoms with van der Waals surface area (Å²) in [6.45, 7) is 6.05. The van der Waals surface area contributed by atoms with Crippen LogP contribution in [-0.4, -0.2) is 24.7 Å². The summed E-state index contributed by atoms with van der Waals surface area (Å²) in [6.07, 6.45) is 1.93. The Kier molecular flexibility index (Phi) is 3.87. The Labute approximate surface area is 108 Å². The molecule has 4 nitrogen and oxygen atoms in total. The van der Waals surface area contributed by atoms with E-state index in [1.807, 2.05) is 31.2 Å². The number of amides is 2. The predicted molar refractivity (Wildman–Crippen MR) is 73.8 cm³/mol. The third-order valence-electron chi connectivity index (χ3n) is 3.43. The first-order valence-electron chi connectivity index (χ1n) is 6.44. The minimum atomic E-state index is -0.122. The number of nitrogens with one attached hydrogen (secondary N) is 3. The van der Waals surface area contributed by atoms with Crippen LogP contribution in [0, 0.1) is 6.92 Å². The molecule has 18 heavy (non-hydrogen) atoms. The van der Waals surface area contributed by atoms with Crippen LogP contribution in [0.1, 0.15) is 25.3 Å². The first-order chi connectivity index (χ1) is 8.57. The van der Waals surface area contributed by atoms with E-state index < -0.39 is 0 Å². The number of rotatable bonds is 2. The smallest absolute Gasteiger partial charge is 0.319 e. The molecule has 0 bridgehead atoms. The van der Waals surface area contributed by atoms with Gasteiger partial charge in [-0.3, -0.25) is 0 Å². The van der Waals surface area contributed by atoms with Gasteiger partial charge < -0.3 is 16.0 Å².